The fourth-order valence-corrected chi connectivity index (χ4v) is 3.89. The van der Waals surface area contributed by atoms with Crippen LogP contribution in [0, 0.1) is 0 Å². The average molecular weight is 288 g/mol. The predicted molar refractivity (Wildman–Crippen MR) is 86.3 cm³/mol. The summed E-state index contributed by atoms with van der Waals surface area (Å²) in [6, 6.07) is 10.7. The molecule has 0 saturated heterocycles. The Morgan fingerprint density at radius 3 is 2.68 bits per heavy atom. The minimum absolute atomic E-state index is 0.0509. The molecule has 2 heterocycles. The van der Waals surface area contributed by atoms with Crippen LogP contribution in [0.25, 0.3) is 20.7 Å². The normalized spacial score (nSPS) is 11.9. The van der Waals surface area contributed by atoms with Gasteiger partial charge in [-0.2, -0.15) is 0 Å². The van der Waals surface area contributed by atoms with Gasteiger partial charge in [0.05, 0.1) is 10.6 Å². The quantitative estimate of drug-likeness (QED) is 0.698. The van der Waals surface area contributed by atoms with Gasteiger partial charge in [-0.3, -0.25) is 0 Å². The number of nitrogens with zero attached hydrogens (tertiary/aromatic N) is 1. The average Bonchev–Trinajstić information content (AvgIpc) is 2.91. The van der Waals surface area contributed by atoms with E-state index in [4.69, 9.17) is 0 Å². The molecule has 19 heavy (non-hydrogen) atoms. The Morgan fingerprint density at radius 2 is 1.95 bits per heavy atom. The number of anilines is 1. The number of rotatable bonds is 2. The molecule has 0 amide bonds. The van der Waals surface area contributed by atoms with Crippen LogP contribution in [0.3, 0.4) is 0 Å². The monoisotopic (exact) mass is 288 g/mol. The highest BCUT2D eigenvalue weighted by Gasteiger charge is 2.13. The van der Waals surface area contributed by atoms with Crippen molar-refractivity contribution in [2.24, 2.45) is 0 Å². The van der Waals surface area contributed by atoms with Crippen molar-refractivity contribution < 1.29 is 0 Å². The molecule has 0 aliphatic rings. The van der Waals surface area contributed by atoms with Gasteiger partial charge < -0.3 is 5.32 Å². The van der Waals surface area contributed by atoms with E-state index in [1.54, 1.807) is 22.7 Å². The standard InChI is InChI=1S/C15H16N2S2/c1-15(2,3)17-14-16-11(9-18-14)13-8-10-6-4-5-7-12(10)19-13/h4-9H,1-3H3,(H,16,17). The fourth-order valence-electron chi connectivity index (χ4n) is 1.87. The van der Waals surface area contributed by atoms with Gasteiger partial charge in [-0.15, -0.1) is 22.7 Å². The first-order valence-corrected chi connectivity index (χ1v) is 7.93. The van der Waals surface area contributed by atoms with Gasteiger partial charge in [0.25, 0.3) is 0 Å². The van der Waals surface area contributed by atoms with Crippen molar-refractivity contribution in [1.29, 1.82) is 0 Å². The first-order chi connectivity index (χ1) is 9.01. The lowest BCUT2D eigenvalue weighted by Crippen LogP contribution is -2.25. The highest BCUT2D eigenvalue weighted by Crippen LogP contribution is 2.35. The van der Waals surface area contributed by atoms with Gasteiger partial charge in [0.1, 0.15) is 0 Å². The molecule has 0 aliphatic heterocycles. The smallest absolute Gasteiger partial charge is 0.183 e. The molecule has 0 aliphatic carbocycles. The van der Waals surface area contributed by atoms with Crippen LogP contribution in [0.4, 0.5) is 5.13 Å². The molecule has 0 spiro atoms. The van der Waals surface area contributed by atoms with E-state index in [1.165, 1.54) is 15.0 Å². The number of hydrogen-bond donors (Lipinski definition) is 1. The van der Waals surface area contributed by atoms with Crippen molar-refractivity contribution in [3.05, 3.63) is 35.7 Å². The second kappa shape index (κ2) is 4.62. The summed E-state index contributed by atoms with van der Waals surface area (Å²) in [5.41, 5.74) is 1.12. The third-order valence-electron chi connectivity index (χ3n) is 2.66. The molecule has 2 aromatic heterocycles. The van der Waals surface area contributed by atoms with Crippen molar-refractivity contribution in [2.75, 3.05) is 5.32 Å². The zero-order valence-corrected chi connectivity index (χ0v) is 12.9. The first-order valence-electron chi connectivity index (χ1n) is 6.24. The molecule has 1 N–H and O–H groups in total. The Kier molecular flexibility index (Phi) is 3.07. The molecule has 0 radical (unpaired) electrons. The number of aromatic nitrogens is 1. The third-order valence-corrected chi connectivity index (χ3v) is 4.56. The third kappa shape index (κ3) is 2.80. The van der Waals surface area contributed by atoms with E-state index in [2.05, 4.69) is 66.8 Å². The molecule has 2 nitrogen and oxygen atoms in total. The number of thiophene rings is 1. The van der Waals surface area contributed by atoms with E-state index in [0.717, 1.165) is 10.8 Å². The Balaban J connectivity index is 1.94. The first kappa shape index (κ1) is 12.6. The largest absolute Gasteiger partial charge is 0.357 e. The lowest BCUT2D eigenvalue weighted by molar-refractivity contribution is 0.633. The summed E-state index contributed by atoms with van der Waals surface area (Å²) < 4.78 is 1.32. The molecule has 0 bridgehead atoms. The van der Waals surface area contributed by atoms with Gasteiger partial charge in [-0.25, -0.2) is 4.98 Å². The van der Waals surface area contributed by atoms with Crippen molar-refractivity contribution in [2.45, 2.75) is 26.3 Å². The molecule has 0 fully saturated rings. The summed E-state index contributed by atoms with van der Waals surface area (Å²) >= 11 is 3.46. The van der Waals surface area contributed by atoms with E-state index in [0.29, 0.717) is 0 Å². The van der Waals surface area contributed by atoms with Crippen LogP contribution >= 0.6 is 22.7 Å². The zero-order valence-electron chi connectivity index (χ0n) is 11.2. The van der Waals surface area contributed by atoms with Crippen molar-refractivity contribution in [3.63, 3.8) is 0 Å². The maximum absolute atomic E-state index is 4.68. The van der Waals surface area contributed by atoms with Crippen LogP contribution in [0.15, 0.2) is 35.7 Å². The summed E-state index contributed by atoms with van der Waals surface area (Å²) in [5.74, 6) is 0. The van der Waals surface area contributed by atoms with Crippen LogP contribution in [0.5, 0.6) is 0 Å². The minimum Gasteiger partial charge on any atom is -0.357 e. The molecule has 98 valence electrons. The van der Waals surface area contributed by atoms with Crippen LogP contribution in [-0.2, 0) is 0 Å². The Labute approximate surface area is 121 Å². The summed E-state index contributed by atoms with van der Waals surface area (Å²) in [6.45, 7) is 6.44. The molecule has 1 aromatic carbocycles. The predicted octanol–water partition coefficient (Wildman–Crippen LogP) is 5.24. The Morgan fingerprint density at radius 1 is 1.16 bits per heavy atom. The maximum Gasteiger partial charge on any atom is 0.183 e. The molecule has 4 heteroatoms. The van der Waals surface area contributed by atoms with Crippen LogP contribution < -0.4 is 5.32 Å². The van der Waals surface area contributed by atoms with E-state index < -0.39 is 0 Å². The minimum atomic E-state index is 0.0509. The molecular formula is C15H16N2S2. The van der Waals surface area contributed by atoms with Gasteiger partial charge in [-0.05, 0) is 38.3 Å². The number of hydrogen-bond acceptors (Lipinski definition) is 4. The summed E-state index contributed by atoms with van der Waals surface area (Å²) in [4.78, 5) is 5.91. The van der Waals surface area contributed by atoms with Crippen molar-refractivity contribution >= 4 is 37.9 Å². The maximum atomic E-state index is 4.68. The topological polar surface area (TPSA) is 24.9 Å². The number of nitrogens with one attached hydrogen (secondary N) is 1. The second-order valence-electron chi connectivity index (χ2n) is 5.56. The lowest BCUT2D eigenvalue weighted by atomic mass is 10.1. The lowest BCUT2D eigenvalue weighted by Gasteiger charge is -2.19. The molecule has 0 saturated carbocycles. The Bertz CT molecular complexity index is 671. The molecule has 0 atom stereocenters. The SMILES string of the molecule is CC(C)(C)Nc1nc(-c2cc3ccccc3s2)cs1. The van der Waals surface area contributed by atoms with Gasteiger partial charge >= 0.3 is 0 Å². The van der Waals surface area contributed by atoms with Gasteiger partial charge in [-0.1, -0.05) is 18.2 Å². The van der Waals surface area contributed by atoms with E-state index in [1.807, 2.05) is 0 Å². The fraction of sp³-hybridized carbons (Fsp3) is 0.267. The molecular weight excluding hydrogens is 272 g/mol. The van der Waals surface area contributed by atoms with Gasteiger partial charge in [0, 0.05) is 15.6 Å². The van der Waals surface area contributed by atoms with Crippen LogP contribution in [-0.4, -0.2) is 10.5 Å². The van der Waals surface area contributed by atoms with E-state index in [9.17, 15) is 0 Å². The summed E-state index contributed by atoms with van der Waals surface area (Å²) in [7, 11) is 0. The number of thiazole rings is 1. The number of benzene rings is 1. The summed E-state index contributed by atoms with van der Waals surface area (Å²) in [5, 5.41) is 7.82. The second-order valence-corrected chi connectivity index (χ2v) is 7.50. The van der Waals surface area contributed by atoms with E-state index in [-0.39, 0.29) is 5.54 Å². The highest BCUT2D eigenvalue weighted by atomic mass is 32.1. The highest BCUT2D eigenvalue weighted by molar-refractivity contribution is 7.22. The van der Waals surface area contributed by atoms with Crippen molar-refractivity contribution in [1.82, 2.24) is 4.98 Å². The van der Waals surface area contributed by atoms with Gasteiger partial charge in [0.15, 0.2) is 5.13 Å². The van der Waals surface area contributed by atoms with Crippen LogP contribution in [0.1, 0.15) is 20.8 Å². The zero-order chi connectivity index (χ0) is 13.5. The summed E-state index contributed by atoms with van der Waals surface area (Å²) in [6.07, 6.45) is 0. The number of fused-ring (bicyclic) bond motifs is 1. The molecule has 3 aromatic rings. The molecule has 3 rings (SSSR count). The van der Waals surface area contributed by atoms with Crippen molar-refractivity contribution in [3.8, 4) is 10.6 Å². The Hall–Kier alpha value is -1.39. The van der Waals surface area contributed by atoms with Crippen LogP contribution in [0.2, 0.25) is 0 Å². The van der Waals surface area contributed by atoms with E-state index >= 15 is 0 Å². The van der Waals surface area contributed by atoms with Gasteiger partial charge in [0.2, 0.25) is 0 Å². The molecule has 0 unspecified atom stereocenters.